The molecule has 0 saturated heterocycles. The fourth-order valence-corrected chi connectivity index (χ4v) is 3.10. The Morgan fingerprint density at radius 1 is 0.885 bits per heavy atom. The van der Waals surface area contributed by atoms with E-state index in [9.17, 15) is 4.79 Å². The minimum absolute atomic E-state index is 0.285. The Balaban J connectivity index is 2.48. The minimum atomic E-state index is -0.334. The number of ether oxygens (including phenoxy) is 3. The van der Waals surface area contributed by atoms with Gasteiger partial charge in [-0.25, -0.2) is 0 Å². The summed E-state index contributed by atoms with van der Waals surface area (Å²) in [4.78, 5) is 11.8. The van der Waals surface area contributed by atoms with Gasteiger partial charge in [-0.1, -0.05) is 42.8 Å². The molecule has 26 heavy (non-hydrogen) atoms. The van der Waals surface area contributed by atoms with E-state index >= 15 is 0 Å². The predicted molar refractivity (Wildman–Crippen MR) is 104 cm³/mol. The van der Waals surface area contributed by atoms with Crippen molar-refractivity contribution in [2.24, 2.45) is 5.92 Å². The summed E-state index contributed by atoms with van der Waals surface area (Å²) in [6, 6.07) is 15.3. The van der Waals surface area contributed by atoms with Crippen LogP contribution in [0.4, 0.5) is 0 Å². The highest BCUT2D eigenvalue weighted by Gasteiger charge is 2.18. The molecule has 1 unspecified atom stereocenters. The van der Waals surface area contributed by atoms with E-state index in [-0.39, 0.29) is 11.9 Å². The van der Waals surface area contributed by atoms with Gasteiger partial charge in [0.05, 0.1) is 27.2 Å². The molecule has 0 N–H and O–H groups in total. The molecule has 0 heterocycles. The molecule has 0 aromatic heterocycles. The van der Waals surface area contributed by atoms with Gasteiger partial charge in [0.2, 0.25) is 0 Å². The smallest absolute Gasteiger partial charge is 0.308 e. The average molecular weight is 375 g/mol. The molecule has 0 aliphatic heterocycles. The van der Waals surface area contributed by atoms with Crippen LogP contribution in [-0.2, 0) is 9.53 Å². The Morgan fingerprint density at radius 2 is 1.31 bits per heavy atom. The van der Waals surface area contributed by atoms with Crippen LogP contribution in [0, 0.1) is 5.92 Å². The summed E-state index contributed by atoms with van der Waals surface area (Å²) in [7, 11) is 4.63. The second kappa shape index (κ2) is 9.30. The molecule has 0 aliphatic carbocycles. The Labute approximate surface area is 159 Å². The zero-order valence-corrected chi connectivity index (χ0v) is 16.2. The van der Waals surface area contributed by atoms with Crippen LogP contribution < -0.4 is 9.47 Å². The Hall–Kier alpha value is -2.46. The van der Waals surface area contributed by atoms with E-state index in [0.29, 0.717) is 11.5 Å². The molecule has 0 saturated carbocycles. The first-order valence-electron chi connectivity index (χ1n) is 8.25. The molecule has 2 aromatic carbocycles. The van der Waals surface area contributed by atoms with Crippen molar-refractivity contribution in [1.82, 2.24) is 0 Å². The van der Waals surface area contributed by atoms with Crippen molar-refractivity contribution in [3.05, 3.63) is 64.7 Å². The van der Waals surface area contributed by atoms with Crippen LogP contribution in [0.25, 0.3) is 5.57 Å². The minimum Gasteiger partial charge on any atom is -0.497 e. The van der Waals surface area contributed by atoms with Crippen LogP contribution in [0.5, 0.6) is 11.5 Å². The monoisotopic (exact) mass is 374 g/mol. The first-order chi connectivity index (χ1) is 12.5. The number of hydrogen-bond donors (Lipinski definition) is 0. The quantitative estimate of drug-likeness (QED) is 0.646. The van der Waals surface area contributed by atoms with Gasteiger partial charge in [0.15, 0.2) is 0 Å². The number of methoxy groups -OCH3 is 3. The predicted octanol–water partition coefficient (Wildman–Crippen LogP) is 4.90. The molecule has 0 fully saturated rings. The van der Waals surface area contributed by atoms with Crippen molar-refractivity contribution in [2.45, 2.75) is 13.3 Å². The molecular weight excluding hydrogens is 352 g/mol. The number of carbonyl (C=O) groups excluding carboxylic acids is 1. The van der Waals surface area contributed by atoms with E-state index in [1.807, 2.05) is 48.5 Å². The Bertz CT molecular complexity index is 714. The summed E-state index contributed by atoms with van der Waals surface area (Å²) in [5, 5.41) is 0.596. The van der Waals surface area contributed by atoms with Crippen molar-refractivity contribution in [1.29, 1.82) is 0 Å². The van der Waals surface area contributed by atoms with E-state index in [2.05, 4.69) is 0 Å². The first-order valence-corrected chi connectivity index (χ1v) is 8.63. The SMILES string of the molecule is COC(=O)C(C)CC(Cl)=C(c1ccc(OC)cc1)c1ccc(OC)cc1. The van der Waals surface area contributed by atoms with Crippen molar-refractivity contribution >= 4 is 23.1 Å². The summed E-state index contributed by atoms with van der Waals surface area (Å²) >= 11 is 6.67. The Kier molecular flexibility index (Phi) is 7.10. The summed E-state index contributed by atoms with van der Waals surface area (Å²) < 4.78 is 15.3. The highest BCUT2D eigenvalue weighted by molar-refractivity contribution is 6.33. The van der Waals surface area contributed by atoms with E-state index in [1.54, 1.807) is 21.1 Å². The van der Waals surface area contributed by atoms with Crippen LogP contribution >= 0.6 is 11.6 Å². The van der Waals surface area contributed by atoms with Crippen molar-refractivity contribution < 1.29 is 19.0 Å². The molecule has 4 nitrogen and oxygen atoms in total. The van der Waals surface area contributed by atoms with Crippen LogP contribution in [0.15, 0.2) is 53.6 Å². The maximum atomic E-state index is 11.8. The highest BCUT2D eigenvalue weighted by atomic mass is 35.5. The lowest BCUT2D eigenvalue weighted by molar-refractivity contribution is -0.144. The molecule has 0 spiro atoms. The van der Waals surface area contributed by atoms with Crippen molar-refractivity contribution in [3.8, 4) is 11.5 Å². The van der Waals surface area contributed by atoms with Crippen LogP contribution in [0.3, 0.4) is 0 Å². The van der Waals surface area contributed by atoms with E-state index < -0.39 is 0 Å². The maximum absolute atomic E-state index is 11.8. The largest absolute Gasteiger partial charge is 0.497 e. The van der Waals surface area contributed by atoms with Crippen molar-refractivity contribution in [2.75, 3.05) is 21.3 Å². The summed E-state index contributed by atoms with van der Waals surface area (Å²) in [6.45, 7) is 1.80. The third kappa shape index (κ3) is 4.79. The molecule has 0 bridgehead atoms. The summed E-state index contributed by atoms with van der Waals surface area (Å²) in [6.07, 6.45) is 0.390. The molecule has 138 valence electrons. The first kappa shape index (κ1) is 19.9. The molecule has 0 radical (unpaired) electrons. The van der Waals surface area contributed by atoms with Gasteiger partial charge in [-0.3, -0.25) is 4.79 Å². The van der Waals surface area contributed by atoms with Gasteiger partial charge in [0.25, 0.3) is 0 Å². The van der Waals surface area contributed by atoms with Crippen molar-refractivity contribution in [3.63, 3.8) is 0 Å². The van der Waals surface area contributed by atoms with Gasteiger partial charge < -0.3 is 14.2 Å². The third-order valence-electron chi connectivity index (χ3n) is 4.12. The number of benzene rings is 2. The lowest BCUT2D eigenvalue weighted by Crippen LogP contribution is -2.13. The molecule has 2 aromatic rings. The van der Waals surface area contributed by atoms with Crippen LogP contribution in [-0.4, -0.2) is 27.3 Å². The van der Waals surface area contributed by atoms with Crippen LogP contribution in [0.1, 0.15) is 24.5 Å². The Morgan fingerprint density at radius 3 is 1.65 bits per heavy atom. The second-order valence-electron chi connectivity index (χ2n) is 5.87. The molecule has 5 heteroatoms. The van der Waals surface area contributed by atoms with E-state index in [1.165, 1.54) is 7.11 Å². The normalized spacial score (nSPS) is 11.4. The van der Waals surface area contributed by atoms with Gasteiger partial charge in [-0.2, -0.15) is 0 Å². The number of carbonyl (C=O) groups is 1. The van der Waals surface area contributed by atoms with Gasteiger partial charge >= 0.3 is 5.97 Å². The summed E-state index contributed by atoms with van der Waals surface area (Å²) in [5.74, 6) is 0.912. The van der Waals surface area contributed by atoms with E-state index in [4.69, 9.17) is 25.8 Å². The molecule has 0 amide bonds. The zero-order chi connectivity index (χ0) is 19.1. The maximum Gasteiger partial charge on any atom is 0.308 e. The standard InChI is InChI=1S/C21H23ClO4/c1-14(21(23)26-4)13-19(22)20(15-5-9-17(24-2)10-6-15)16-7-11-18(25-3)12-8-16/h5-12,14H,13H2,1-4H3. The number of halogens is 1. The van der Waals surface area contributed by atoms with Gasteiger partial charge in [-0.05, 0) is 41.8 Å². The lowest BCUT2D eigenvalue weighted by Gasteiger charge is -2.15. The second-order valence-corrected chi connectivity index (χ2v) is 6.32. The van der Waals surface area contributed by atoms with Gasteiger partial charge in [0.1, 0.15) is 11.5 Å². The third-order valence-corrected chi connectivity index (χ3v) is 4.46. The molecule has 0 aliphatic rings. The van der Waals surface area contributed by atoms with Crippen LogP contribution in [0.2, 0.25) is 0 Å². The van der Waals surface area contributed by atoms with Gasteiger partial charge in [0, 0.05) is 10.6 Å². The zero-order valence-electron chi connectivity index (χ0n) is 15.4. The number of allylic oxidation sites excluding steroid dienone is 1. The highest BCUT2D eigenvalue weighted by Crippen LogP contribution is 2.34. The molecular formula is C21H23ClO4. The number of rotatable bonds is 7. The number of esters is 1. The van der Waals surface area contributed by atoms with Gasteiger partial charge in [-0.15, -0.1) is 0 Å². The van der Waals surface area contributed by atoms with E-state index in [0.717, 1.165) is 28.2 Å². The fraction of sp³-hybridized carbons (Fsp3) is 0.286. The lowest BCUT2D eigenvalue weighted by atomic mass is 9.94. The number of hydrogen-bond acceptors (Lipinski definition) is 4. The molecule has 1 atom stereocenters. The average Bonchev–Trinajstić information content (AvgIpc) is 2.68. The fourth-order valence-electron chi connectivity index (χ4n) is 2.65. The topological polar surface area (TPSA) is 44.8 Å². The summed E-state index contributed by atoms with van der Waals surface area (Å²) in [5.41, 5.74) is 2.75. The molecule has 2 rings (SSSR count).